The van der Waals surface area contributed by atoms with E-state index in [4.69, 9.17) is 5.73 Å². The molecule has 0 amide bonds. The molecule has 0 unspecified atom stereocenters. The second kappa shape index (κ2) is 4.51. The standard InChI is InChI=1S/C9H8F3N3O3/c1-15-6(13)4(7(17)14-8(15)18)2-3-5(16)9(10,11)12/h2-3H,13H2,1H3,(H,14,17,18)/b3-2+. The van der Waals surface area contributed by atoms with E-state index in [1.165, 1.54) is 7.05 Å². The van der Waals surface area contributed by atoms with Crippen LogP contribution in [0.3, 0.4) is 0 Å². The topological polar surface area (TPSA) is 97.9 Å². The van der Waals surface area contributed by atoms with Gasteiger partial charge in [0.1, 0.15) is 5.82 Å². The highest BCUT2D eigenvalue weighted by Gasteiger charge is 2.36. The number of carbonyl (C=O) groups is 1. The molecule has 98 valence electrons. The molecular weight excluding hydrogens is 255 g/mol. The van der Waals surface area contributed by atoms with Gasteiger partial charge in [-0.2, -0.15) is 13.2 Å². The van der Waals surface area contributed by atoms with Crippen molar-refractivity contribution in [1.29, 1.82) is 0 Å². The summed E-state index contributed by atoms with van der Waals surface area (Å²) < 4.78 is 36.6. The summed E-state index contributed by atoms with van der Waals surface area (Å²) in [6.45, 7) is 0. The largest absolute Gasteiger partial charge is 0.454 e. The van der Waals surface area contributed by atoms with Crippen molar-refractivity contribution in [2.75, 3.05) is 5.73 Å². The molecule has 0 saturated heterocycles. The molecule has 0 spiro atoms. The van der Waals surface area contributed by atoms with Gasteiger partial charge in [-0.25, -0.2) is 4.79 Å². The molecule has 18 heavy (non-hydrogen) atoms. The van der Waals surface area contributed by atoms with Crippen LogP contribution in [-0.2, 0) is 11.8 Å². The van der Waals surface area contributed by atoms with Crippen LogP contribution in [0.2, 0.25) is 0 Å². The Labute approximate surface area is 97.5 Å². The summed E-state index contributed by atoms with van der Waals surface area (Å²) in [6.07, 6.45) is -4.24. The number of aromatic nitrogens is 2. The van der Waals surface area contributed by atoms with Crippen molar-refractivity contribution >= 4 is 17.7 Å². The Morgan fingerprint density at radius 1 is 1.39 bits per heavy atom. The van der Waals surface area contributed by atoms with E-state index in [2.05, 4.69) is 0 Å². The highest BCUT2D eigenvalue weighted by Crippen LogP contribution is 2.17. The third-order valence-corrected chi connectivity index (χ3v) is 2.09. The van der Waals surface area contributed by atoms with Crippen molar-refractivity contribution in [3.63, 3.8) is 0 Å². The van der Waals surface area contributed by atoms with Gasteiger partial charge in [-0.3, -0.25) is 19.1 Å². The second-order valence-electron chi connectivity index (χ2n) is 3.31. The lowest BCUT2D eigenvalue weighted by molar-refractivity contribution is -0.165. The zero-order chi connectivity index (χ0) is 14.1. The number of halogens is 3. The molecule has 1 aromatic heterocycles. The normalized spacial score (nSPS) is 12.0. The first-order chi connectivity index (χ1) is 8.14. The third-order valence-electron chi connectivity index (χ3n) is 2.09. The number of carbonyl (C=O) groups excluding carboxylic acids is 1. The molecule has 1 heterocycles. The molecule has 1 aromatic rings. The van der Waals surface area contributed by atoms with Crippen LogP contribution < -0.4 is 17.0 Å². The van der Waals surface area contributed by atoms with Crippen LogP contribution in [0.1, 0.15) is 5.56 Å². The summed E-state index contributed by atoms with van der Waals surface area (Å²) >= 11 is 0. The molecule has 0 aliphatic carbocycles. The molecule has 0 bridgehead atoms. The van der Waals surface area contributed by atoms with Crippen LogP contribution in [-0.4, -0.2) is 21.5 Å². The fourth-order valence-corrected chi connectivity index (χ4v) is 1.07. The molecule has 0 aliphatic heterocycles. The Morgan fingerprint density at radius 2 is 1.94 bits per heavy atom. The number of rotatable bonds is 2. The number of H-pyrrole nitrogens is 1. The first kappa shape index (κ1) is 13.7. The molecule has 0 radical (unpaired) electrons. The van der Waals surface area contributed by atoms with Crippen LogP contribution >= 0.6 is 0 Å². The summed E-state index contributed by atoms with van der Waals surface area (Å²) in [7, 11) is 1.22. The monoisotopic (exact) mass is 263 g/mol. The number of nitrogens with one attached hydrogen (secondary N) is 1. The Morgan fingerprint density at radius 3 is 2.44 bits per heavy atom. The smallest absolute Gasteiger partial charge is 0.384 e. The zero-order valence-corrected chi connectivity index (χ0v) is 9.04. The Balaban J connectivity index is 3.26. The van der Waals surface area contributed by atoms with Gasteiger partial charge in [0.25, 0.3) is 11.3 Å². The molecule has 1 rings (SSSR count). The number of allylic oxidation sites excluding steroid dienone is 1. The average molecular weight is 263 g/mol. The second-order valence-corrected chi connectivity index (χ2v) is 3.31. The van der Waals surface area contributed by atoms with Gasteiger partial charge < -0.3 is 5.73 Å². The molecular formula is C9H8F3N3O3. The van der Waals surface area contributed by atoms with Crippen molar-refractivity contribution in [3.8, 4) is 0 Å². The Bertz CT molecular complexity index is 625. The molecule has 0 fully saturated rings. The molecule has 6 nitrogen and oxygen atoms in total. The maximum absolute atomic E-state index is 11.9. The van der Waals surface area contributed by atoms with Crippen LogP contribution in [0.5, 0.6) is 0 Å². The van der Waals surface area contributed by atoms with Crippen molar-refractivity contribution < 1.29 is 18.0 Å². The molecule has 0 atom stereocenters. The van der Waals surface area contributed by atoms with Crippen LogP contribution in [0.15, 0.2) is 15.7 Å². The summed E-state index contributed by atoms with van der Waals surface area (Å²) in [5.41, 5.74) is 3.21. The van der Waals surface area contributed by atoms with E-state index >= 15 is 0 Å². The van der Waals surface area contributed by atoms with Crippen molar-refractivity contribution in [2.24, 2.45) is 7.05 Å². The lowest BCUT2D eigenvalue weighted by Gasteiger charge is -2.05. The summed E-state index contributed by atoms with van der Waals surface area (Å²) in [5, 5.41) is 0. The van der Waals surface area contributed by atoms with E-state index < -0.39 is 28.8 Å². The number of anilines is 1. The number of aromatic amines is 1. The van der Waals surface area contributed by atoms with Crippen LogP contribution in [0.4, 0.5) is 19.0 Å². The van der Waals surface area contributed by atoms with E-state index in [0.29, 0.717) is 6.08 Å². The quantitative estimate of drug-likeness (QED) is 0.722. The van der Waals surface area contributed by atoms with Gasteiger partial charge in [-0.1, -0.05) is 0 Å². The van der Waals surface area contributed by atoms with Crippen LogP contribution in [0, 0.1) is 0 Å². The predicted molar refractivity (Wildman–Crippen MR) is 56.8 cm³/mol. The lowest BCUT2D eigenvalue weighted by atomic mass is 10.2. The maximum atomic E-state index is 11.9. The van der Waals surface area contributed by atoms with E-state index in [0.717, 1.165) is 4.57 Å². The molecule has 0 aromatic carbocycles. The van der Waals surface area contributed by atoms with Gasteiger partial charge in [0.15, 0.2) is 0 Å². The fourth-order valence-electron chi connectivity index (χ4n) is 1.07. The lowest BCUT2D eigenvalue weighted by Crippen LogP contribution is -2.32. The number of nitrogens with zero attached hydrogens (tertiary/aromatic N) is 1. The van der Waals surface area contributed by atoms with Gasteiger partial charge in [0.05, 0.1) is 5.56 Å². The summed E-state index contributed by atoms with van der Waals surface area (Å²) in [5.74, 6) is -2.47. The predicted octanol–water partition coefficient (Wildman–Crippen LogP) is -0.200. The van der Waals surface area contributed by atoms with Crippen LogP contribution in [0.25, 0.3) is 6.08 Å². The number of hydrogen-bond donors (Lipinski definition) is 2. The third kappa shape index (κ3) is 2.67. The number of nitrogens with two attached hydrogens (primary N) is 1. The van der Waals surface area contributed by atoms with Crippen molar-refractivity contribution in [2.45, 2.75) is 6.18 Å². The number of ketones is 1. The highest BCUT2D eigenvalue weighted by molar-refractivity contribution is 5.98. The van der Waals surface area contributed by atoms with E-state index in [9.17, 15) is 27.6 Å². The van der Waals surface area contributed by atoms with Crippen molar-refractivity contribution in [1.82, 2.24) is 9.55 Å². The number of hydrogen-bond acceptors (Lipinski definition) is 4. The SMILES string of the molecule is Cn1c(N)c(/C=C/C(=O)C(F)(F)F)c(=O)[nH]c1=O. The number of nitrogen functional groups attached to an aromatic ring is 1. The Hall–Kier alpha value is -2.32. The fraction of sp³-hybridized carbons (Fsp3) is 0.222. The minimum Gasteiger partial charge on any atom is -0.384 e. The van der Waals surface area contributed by atoms with E-state index in [1.54, 1.807) is 0 Å². The Kier molecular flexibility index (Phi) is 3.44. The molecule has 0 saturated carbocycles. The minimum absolute atomic E-state index is 0.172. The average Bonchev–Trinajstić information content (AvgIpc) is 2.24. The molecule has 9 heteroatoms. The molecule has 3 N–H and O–H groups in total. The van der Waals surface area contributed by atoms with E-state index in [1.807, 2.05) is 4.98 Å². The summed E-state index contributed by atoms with van der Waals surface area (Å²) in [4.78, 5) is 34.8. The van der Waals surface area contributed by atoms with Crippen molar-refractivity contribution in [3.05, 3.63) is 32.5 Å². The number of alkyl halides is 3. The van der Waals surface area contributed by atoms with Gasteiger partial charge in [0, 0.05) is 7.05 Å². The minimum atomic E-state index is -5.03. The van der Waals surface area contributed by atoms with Gasteiger partial charge in [-0.05, 0) is 12.2 Å². The highest BCUT2D eigenvalue weighted by atomic mass is 19.4. The first-order valence-electron chi connectivity index (χ1n) is 4.52. The van der Waals surface area contributed by atoms with Gasteiger partial charge in [0.2, 0.25) is 0 Å². The maximum Gasteiger partial charge on any atom is 0.454 e. The zero-order valence-electron chi connectivity index (χ0n) is 9.04. The van der Waals surface area contributed by atoms with E-state index in [-0.39, 0.29) is 11.9 Å². The molecule has 0 aliphatic rings. The summed E-state index contributed by atoms with van der Waals surface area (Å²) in [6, 6.07) is 0. The van der Waals surface area contributed by atoms with Gasteiger partial charge >= 0.3 is 11.9 Å². The first-order valence-corrected chi connectivity index (χ1v) is 4.52. The van der Waals surface area contributed by atoms with Gasteiger partial charge in [-0.15, -0.1) is 0 Å².